The average molecular weight is 402 g/mol. The van der Waals surface area contributed by atoms with Crippen LogP contribution in [0.4, 0.5) is 13.2 Å². The van der Waals surface area contributed by atoms with Crippen LogP contribution in [0.1, 0.15) is 58.5 Å². The van der Waals surface area contributed by atoms with Gasteiger partial charge >= 0.3 is 6.18 Å². The number of halogens is 3. The van der Waals surface area contributed by atoms with E-state index in [0.717, 1.165) is 11.1 Å². The van der Waals surface area contributed by atoms with Crippen LogP contribution in [0, 0.1) is 0 Å². The number of nitrogens with zero attached hydrogens (tertiary/aromatic N) is 3. The predicted octanol–water partition coefficient (Wildman–Crippen LogP) is 6.15. The summed E-state index contributed by atoms with van der Waals surface area (Å²) in [6.07, 6.45) is -4.58. The summed E-state index contributed by atoms with van der Waals surface area (Å²) < 4.78 is 38.7. The lowest BCUT2D eigenvalue weighted by molar-refractivity contribution is -0.144. The number of H-pyrrole nitrogens is 1. The molecule has 0 fully saturated rings. The first-order chi connectivity index (χ1) is 13.2. The molecule has 1 aromatic carbocycles. The number of pyridine rings is 1. The molecule has 0 unspecified atom stereocenters. The molecule has 2 heterocycles. The van der Waals surface area contributed by atoms with E-state index < -0.39 is 12.0 Å². The molecule has 0 amide bonds. The van der Waals surface area contributed by atoms with Gasteiger partial charge in [0.2, 0.25) is 5.82 Å². The maximum atomic E-state index is 12.9. The first-order valence-corrected chi connectivity index (χ1v) is 9.38. The summed E-state index contributed by atoms with van der Waals surface area (Å²) in [5.74, 6) is -1.21. The molecule has 3 rings (SSSR count). The molecule has 29 heavy (non-hydrogen) atoms. The third-order valence-electron chi connectivity index (χ3n) is 4.72. The predicted molar refractivity (Wildman–Crippen MR) is 107 cm³/mol. The Morgan fingerprint density at radius 1 is 0.724 bits per heavy atom. The van der Waals surface area contributed by atoms with Crippen molar-refractivity contribution in [1.29, 1.82) is 0 Å². The highest BCUT2D eigenvalue weighted by atomic mass is 19.4. The van der Waals surface area contributed by atoms with Crippen molar-refractivity contribution in [2.75, 3.05) is 0 Å². The fourth-order valence-corrected chi connectivity index (χ4v) is 2.87. The zero-order valence-electron chi connectivity index (χ0n) is 17.4. The van der Waals surface area contributed by atoms with Crippen molar-refractivity contribution in [3.05, 3.63) is 53.3 Å². The van der Waals surface area contributed by atoms with Crippen molar-refractivity contribution in [3.8, 4) is 22.8 Å². The average Bonchev–Trinajstić information content (AvgIpc) is 3.10. The molecule has 0 saturated carbocycles. The second kappa shape index (κ2) is 6.97. The quantitative estimate of drug-likeness (QED) is 0.559. The molecule has 0 saturated heterocycles. The number of benzene rings is 1. The summed E-state index contributed by atoms with van der Waals surface area (Å²) in [6.45, 7) is 12.5. The van der Waals surface area contributed by atoms with Gasteiger partial charge in [0.15, 0.2) is 5.82 Å². The van der Waals surface area contributed by atoms with Crippen LogP contribution in [0.3, 0.4) is 0 Å². The van der Waals surface area contributed by atoms with Crippen molar-refractivity contribution in [2.24, 2.45) is 0 Å². The number of hydrogen-bond donors (Lipinski definition) is 1. The summed E-state index contributed by atoms with van der Waals surface area (Å²) >= 11 is 0. The minimum Gasteiger partial charge on any atom is -0.255 e. The zero-order valence-corrected chi connectivity index (χ0v) is 17.4. The van der Waals surface area contributed by atoms with Gasteiger partial charge in [-0.1, -0.05) is 65.8 Å². The van der Waals surface area contributed by atoms with Crippen LogP contribution in [0.15, 0.2) is 36.4 Å². The second-order valence-corrected chi connectivity index (χ2v) is 9.21. The summed E-state index contributed by atoms with van der Waals surface area (Å²) in [5, 5.41) is 5.70. The normalized spacial score (nSPS) is 13.0. The van der Waals surface area contributed by atoms with Crippen LogP contribution in [0.25, 0.3) is 22.8 Å². The van der Waals surface area contributed by atoms with Crippen LogP contribution >= 0.6 is 0 Å². The van der Waals surface area contributed by atoms with Gasteiger partial charge in [-0.25, -0.2) is 9.97 Å². The van der Waals surface area contributed by atoms with Gasteiger partial charge in [-0.2, -0.15) is 18.3 Å². The topological polar surface area (TPSA) is 54.5 Å². The maximum Gasteiger partial charge on any atom is 0.451 e. The van der Waals surface area contributed by atoms with Gasteiger partial charge < -0.3 is 0 Å². The van der Waals surface area contributed by atoms with Gasteiger partial charge in [0, 0.05) is 5.56 Å². The molecular formula is C22H25F3N4. The molecule has 0 atom stereocenters. The van der Waals surface area contributed by atoms with Gasteiger partial charge in [0.1, 0.15) is 5.69 Å². The highest BCUT2D eigenvalue weighted by Gasteiger charge is 2.35. The molecule has 0 aliphatic carbocycles. The number of alkyl halides is 3. The van der Waals surface area contributed by atoms with E-state index in [2.05, 4.69) is 48.0 Å². The fourth-order valence-electron chi connectivity index (χ4n) is 2.87. The summed E-state index contributed by atoms with van der Waals surface area (Å²) in [5.41, 5.74) is 3.80. The van der Waals surface area contributed by atoms with Crippen LogP contribution in [0.5, 0.6) is 0 Å². The monoisotopic (exact) mass is 402 g/mol. The van der Waals surface area contributed by atoms with Gasteiger partial charge in [-0.3, -0.25) is 5.10 Å². The highest BCUT2D eigenvalue weighted by molar-refractivity contribution is 5.65. The number of rotatable bonds is 2. The van der Waals surface area contributed by atoms with E-state index in [1.807, 2.05) is 44.1 Å². The minimum absolute atomic E-state index is 0.0251. The van der Waals surface area contributed by atoms with E-state index in [-0.39, 0.29) is 16.7 Å². The third-order valence-corrected chi connectivity index (χ3v) is 4.72. The molecule has 0 aliphatic rings. The van der Waals surface area contributed by atoms with Gasteiger partial charge in [-0.05, 0) is 34.1 Å². The van der Waals surface area contributed by atoms with Crippen molar-refractivity contribution >= 4 is 0 Å². The molecule has 0 radical (unpaired) electrons. The van der Waals surface area contributed by atoms with E-state index in [0.29, 0.717) is 11.4 Å². The molecule has 4 nitrogen and oxygen atoms in total. The minimum atomic E-state index is -4.58. The van der Waals surface area contributed by atoms with Crippen molar-refractivity contribution in [1.82, 2.24) is 20.2 Å². The van der Waals surface area contributed by atoms with Crippen molar-refractivity contribution < 1.29 is 13.2 Å². The van der Waals surface area contributed by atoms with Crippen molar-refractivity contribution in [3.63, 3.8) is 0 Å². The molecular weight excluding hydrogens is 377 g/mol. The van der Waals surface area contributed by atoms with Gasteiger partial charge in [0.25, 0.3) is 0 Å². The Hall–Kier alpha value is -2.70. The number of aromatic amines is 1. The summed E-state index contributed by atoms with van der Waals surface area (Å²) in [4.78, 5) is 8.16. The Morgan fingerprint density at radius 2 is 1.28 bits per heavy atom. The SMILES string of the molecule is CC(C)(C)c1ccc(-c2cc(C(C)(C)C)cc(-c3n[nH]c(C(F)(F)F)n3)n2)cc1. The first-order valence-electron chi connectivity index (χ1n) is 9.38. The Balaban J connectivity index is 2.11. The maximum absolute atomic E-state index is 12.9. The lowest BCUT2D eigenvalue weighted by atomic mass is 9.85. The molecule has 0 aliphatic heterocycles. The Labute approximate surface area is 168 Å². The summed E-state index contributed by atoms with van der Waals surface area (Å²) in [6, 6.07) is 11.8. The van der Waals surface area contributed by atoms with Crippen LogP contribution < -0.4 is 0 Å². The molecule has 3 aromatic rings. The van der Waals surface area contributed by atoms with Crippen LogP contribution in [0.2, 0.25) is 0 Å². The molecule has 1 N–H and O–H groups in total. The number of hydrogen-bond acceptors (Lipinski definition) is 3. The van der Waals surface area contributed by atoms with E-state index >= 15 is 0 Å². The zero-order chi connectivity index (χ0) is 21.6. The lowest BCUT2D eigenvalue weighted by Crippen LogP contribution is -2.12. The lowest BCUT2D eigenvalue weighted by Gasteiger charge is -2.21. The third kappa shape index (κ3) is 4.66. The Kier molecular flexibility index (Phi) is 5.05. The second-order valence-electron chi connectivity index (χ2n) is 9.21. The van der Waals surface area contributed by atoms with Gasteiger partial charge in [0.05, 0.1) is 5.69 Å². The van der Waals surface area contributed by atoms with Crippen LogP contribution in [-0.2, 0) is 17.0 Å². The first kappa shape index (κ1) is 21.0. The molecule has 7 heteroatoms. The standard InChI is InChI=1S/C22H25F3N4/c1-20(2,3)14-9-7-13(8-10-14)16-11-15(21(4,5)6)12-17(26-16)18-27-19(29-28-18)22(23,24)25/h7-12H,1-6H3,(H,27,28,29). The Bertz CT molecular complexity index is 1000. The highest BCUT2D eigenvalue weighted by Crippen LogP contribution is 2.32. The van der Waals surface area contributed by atoms with E-state index in [1.165, 1.54) is 5.56 Å². The van der Waals surface area contributed by atoms with E-state index in [4.69, 9.17) is 0 Å². The smallest absolute Gasteiger partial charge is 0.255 e. The van der Waals surface area contributed by atoms with Crippen LogP contribution in [-0.4, -0.2) is 20.2 Å². The van der Waals surface area contributed by atoms with E-state index in [9.17, 15) is 13.2 Å². The molecule has 154 valence electrons. The number of aromatic nitrogens is 4. The largest absolute Gasteiger partial charge is 0.451 e. The molecule has 2 aromatic heterocycles. The Morgan fingerprint density at radius 3 is 1.76 bits per heavy atom. The van der Waals surface area contributed by atoms with Crippen molar-refractivity contribution in [2.45, 2.75) is 58.5 Å². The molecule has 0 bridgehead atoms. The number of nitrogens with one attached hydrogen (secondary N) is 1. The summed E-state index contributed by atoms with van der Waals surface area (Å²) in [7, 11) is 0. The van der Waals surface area contributed by atoms with E-state index in [1.54, 1.807) is 6.07 Å². The fraction of sp³-hybridized carbons (Fsp3) is 0.409. The molecule has 0 spiro atoms. The van der Waals surface area contributed by atoms with Gasteiger partial charge in [-0.15, -0.1) is 0 Å².